The first-order valence-electron chi connectivity index (χ1n) is 36.7. The molecule has 3 saturated carbocycles. The first-order valence-corrected chi connectivity index (χ1v) is 36.7. The van der Waals surface area contributed by atoms with Crippen molar-refractivity contribution >= 4 is 65.0 Å². The number of alkyl halides is 2. The van der Waals surface area contributed by atoms with E-state index in [1.807, 2.05) is 0 Å². The van der Waals surface area contributed by atoms with Crippen molar-refractivity contribution < 1.29 is 71.7 Å². The molecule has 33 heteroatoms. The van der Waals surface area contributed by atoms with Crippen molar-refractivity contribution in [3.8, 4) is 0 Å². The van der Waals surface area contributed by atoms with E-state index in [1.165, 1.54) is 4.90 Å². The van der Waals surface area contributed by atoms with Crippen LogP contribution in [0.25, 0.3) is 0 Å². The summed E-state index contributed by atoms with van der Waals surface area (Å²) in [6.07, 6.45) is 6.26. The van der Waals surface area contributed by atoms with E-state index in [0.717, 1.165) is 0 Å². The number of aliphatic carboxylic acids is 1. The lowest BCUT2D eigenvalue weighted by molar-refractivity contribution is -0.143. The fourth-order valence-corrected chi connectivity index (χ4v) is 16.4. The third-order valence-electron chi connectivity index (χ3n) is 21.9. The molecule has 2 bridgehead atoms. The Hall–Kier alpha value is -7.07. The Morgan fingerprint density at radius 1 is 0.580 bits per heavy atom. The van der Waals surface area contributed by atoms with Crippen LogP contribution >= 0.6 is 0 Å². The van der Waals surface area contributed by atoms with Gasteiger partial charge in [0.1, 0.15) is 60.7 Å². The molecule has 0 radical (unpaired) electrons. The first-order chi connectivity index (χ1) is 48.1. The van der Waals surface area contributed by atoms with Crippen molar-refractivity contribution in [1.82, 2.24) is 83.7 Å². The Labute approximate surface area is 582 Å². The second kappa shape index (κ2) is 37.7. The van der Waals surface area contributed by atoms with Crippen LogP contribution in [0.15, 0.2) is 6.20 Å². The highest BCUT2D eigenvalue weighted by molar-refractivity contribution is 5.99. The number of hydrogen-bond donors (Lipinski definition) is 16. The van der Waals surface area contributed by atoms with Gasteiger partial charge in [0.15, 0.2) is 0 Å². The van der Waals surface area contributed by atoms with Gasteiger partial charge in [0.25, 0.3) is 0 Å². The van der Waals surface area contributed by atoms with Gasteiger partial charge in [-0.05, 0) is 203 Å². The van der Waals surface area contributed by atoms with E-state index in [1.54, 1.807) is 10.9 Å². The van der Waals surface area contributed by atoms with Crippen molar-refractivity contribution in [1.29, 1.82) is 0 Å². The molecule has 6 heterocycles. The summed E-state index contributed by atoms with van der Waals surface area (Å²) in [6, 6.07) is -11.5. The summed E-state index contributed by atoms with van der Waals surface area (Å²) in [5, 5.41) is 64.5. The normalized spacial score (nSPS) is 35.0. The van der Waals surface area contributed by atoms with Gasteiger partial charge in [0, 0.05) is 57.0 Å². The molecule has 100 heavy (non-hydrogen) atoms. The van der Waals surface area contributed by atoms with Crippen molar-refractivity contribution in [2.75, 3.05) is 45.9 Å². The molecule has 9 rings (SSSR count). The minimum absolute atomic E-state index is 0.0436. The molecule has 18 N–H and O–H groups in total. The van der Waals surface area contributed by atoms with Crippen LogP contribution in [0.4, 0.5) is 8.78 Å². The average molecular weight is 1410 g/mol. The number of primary amides is 1. The average Bonchev–Trinajstić information content (AvgIpc) is 1.63. The van der Waals surface area contributed by atoms with Gasteiger partial charge in [-0.25, -0.2) is 8.78 Å². The Morgan fingerprint density at radius 2 is 1.20 bits per heavy atom. The number of carboxylic acid groups (broad SMARTS) is 1. The van der Waals surface area contributed by atoms with E-state index in [0.29, 0.717) is 148 Å². The van der Waals surface area contributed by atoms with Crippen LogP contribution in [0.5, 0.6) is 0 Å². The highest BCUT2D eigenvalue weighted by Crippen LogP contribution is 2.40. The summed E-state index contributed by atoms with van der Waals surface area (Å²) in [6.45, 7) is 1.64. The number of hydrogen-bond acceptors (Lipinski definition) is 19. The van der Waals surface area contributed by atoms with Crippen LogP contribution in [-0.2, 0) is 65.7 Å². The van der Waals surface area contributed by atoms with Gasteiger partial charge < -0.3 is 90.4 Å². The summed E-state index contributed by atoms with van der Waals surface area (Å²) in [4.78, 5) is 158. The van der Waals surface area contributed by atoms with Crippen molar-refractivity contribution in [2.45, 2.75) is 265 Å². The zero-order chi connectivity index (χ0) is 71.4. The Balaban J connectivity index is 1.01. The number of halogens is 2. The minimum atomic E-state index is -1.90. The highest BCUT2D eigenvalue weighted by atomic mass is 19.1. The molecule has 4 saturated heterocycles. The Bertz CT molecular complexity index is 2980. The monoisotopic (exact) mass is 1410 g/mol. The number of unbranched alkanes of at least 4 members (excludes halogenated alkanes) is 1. The van der Waals surface area contributed by atoms with Gasteiger partial charge in [-0.1, -0.05) is 11.6 Å². The summed E-state index contributed by atoms with van der Waals surface area (Å²) in [5.74, 6) is -10.7. The highest BCUT2D eigenvalue weighted by Gasteiger charge is 2.47. The van der Waals surface area contributed by atoms with E-state index in [-0.39, 0.29) is 107 Å². The second-order valence-electron chi connectivity index (χ2n) is 29.3. The molecule has 10 amide bonds. The second-order valence-corrected chi connectivity index (χ2v) is 29.3. The lowest BCUT2D eigenvalue weighted by atomic mass is 9.76. The smallest absolute Gasteiger partial charge is 0.305 e. The van der Waals surface area contributed by atoms with E-state index in [4.69, 9.17) is 11.5 Å². The van der Waals surface area contributed by atoms with Crippen LogP contribution in [0.3, 0.4) is 0 Å². The van der Waals surface area contributed by atoms with Crippen molar-refractivity contribution in [2.24, 2.45) is 41.1 Å². The molecular weight excluding hydrogens is 1300 g/mol. The molecule has 7 fully saturated rings. The predicted molar refractivity (Wildman–Crippen MR) is 358 cm³/mol. The summed E-state index contributed by atoms with van der Waals surface area (Å²) < 4.78 is 32.1. The number of aromatic nitrogens is 3. The molecule has 5 aliphatic heterocycles. The largest absolute Gasteiger partial charge is 0.481 e. The molecule has 558 valence electrons. The number of rotatable bonds is 15. The van der Waals surface area contributed by atoms with Crippen LogP contribution in [-0.4, -0.2) is 226 Å². The number of carboxylic acids is 1. The number of aryl methyl sites for hydroxylation is 2. The zero-order valence-electron chi connectivity index (χ0n) is 57.4. The first kappa shape index (κ1) is 77.1. The quantitative estimate of drug-likeness (QED) is 0.0832. The van der Waals surface area contributed by atoms with Crippen molar-refractivity contribution in [3.63, 3.8) is 0 Å². The van der Waals surface area contributed by atoms with E-state index >= 15 is 28.0 Å². The number of nitrogens with one attached hydrogen (secondary N) is 12. The number of carbonyl (C=O) groups is 11. The molecule has 31 nitrogen and oxygen atoms in total. The maximum atomic E-state index is 15.3. The van der Waals surface area contributed by atoms with Crippen LogP contribution < -0.4 is 75.3 Å². The molecule has 1 aromatic heterocycles. The van der Waals surface area contributed by atoms with Gasteiger partial charge in [-0.15, -0.1) is 5.10 Å². The van der Waals surface area contributed by atoms with Crippen LogP contribution in [0, 0.1) is 29.6 Å². The van der Waals surface area contributed by atoms with Gasteiger partial charge in [0.2, 0.25) is 59.1 Å². The number of aliphatic hydroxyl groups excluding tert-OH is 1. The summed E-state index contributed by atoms with van der Waals surface area (Å²) >= 11 is 0. The third kappa shape index (κ3) is 22.5. The number of aliphatic hydroxyl groups is 1. The fraction of sp³-hybridized carbons (Fsp3) is 0.806. The van der Waals surface area contributed by atoms with Gasteiger partial charge in [0.05, 0.1) is 24.8 Å². The molecule has 1 aromatic rings. The van der Waals surface area contributed by atoms with Crippen LogP contribution in [0.2, 0.25) is 0 Å². The Morgan fingerprint density at radius 3 is 1.83 bits per heavy atom. The predicted octanol–water partition coefficient (Wildman–Crippen LogP) is -2.15. The Kier molecular flexibility index (Phi) is 29.1. The fourth-order valence-electron chi connectivity index (χ4n) is 16.4. The van der Waals surface area contributed by atoms with Crippen molar-refractivity contribution in [3.05, 3.63) is 11.9 Å². The maximum Gasteiger partial charge on any atom is 0.305 e. The maximum absolute atomic E-state index is 15.3. The van der Waals surface area contributed by atoms with E-state index in [2.05, 4.69) is 74.1 Å². The number of amides is 10. The standard InChI is InChI=1S/C67H108F2N18O13/c68-40-15-19-47-45(27-40)38(31-73-47)25-51-62(95)80-52(26-39-32-74-48-20-16-41(69)28-46(39)48)63(96)82-54(30-59(91)92)65(98)81-53(29-43-33-72-36-76-43)64(97)83-55(24-37-13-17-44(88)18-14-37)67(100)87-23-7-11-56(87)66(99)79-49(60(71)93)10-6-8-42-35-86(85-84-42)22-5-1-2-12-57(89)77-50(9-3-4-21-70)61(94)75-34-58(90)78-51/h35,37-41,43-56,72-74,76,88H,1-34,36,70H2,(H2,71,93)(H,75,94)(H,77,89)(H,78,90)(H,79,99)(H,80,95)(H,81,98)(H,82,96)(H,83,97)(H,91,92)/t37?,38?,39?,40?,41?,43?,44?,45?,46?,47?,48?,49-,50-,51-,52-,53-,54-,55-,56-/m0/s1. The SMILES string of the molecule is NCCCC[C@@H]1NC(=O)CCCCCn2cc(nn2)CCC[C@@H](C(N)=O)NC(=O)[C@@H]2CCCN2C(=O)[C@H](CC2CCC(O)CC2)NC(=O)[C@H](CC2CNCN2)NC(=O)[C@H](CC(=O)O)NC(=O)[C@H](CC2CNC3CCC(F)CC23)NC(=O)[C@H](CC2CNC3CCC(F)CC23)NC(=O)CNC1=O. The summed E-state index contributed by atoms with van der Waals surface area (Å²) in [7, 11) is 0. The number of nitrogens with two attached hydrogens (primary N) is 2. The molecule has 0 aromatic carbocycles. The summed E-state index contributed by atoms with van der Waals surface area (Å²) in [5.41, 5.74) is 12.3. The number of fused-ring (bicyclic) bond motifs is 5. The lowest BCUT2D eigenvalue weighted by Gasteiger charge is -2.34. The lowest BCUT2D eigenvalue weighted by Crippen LogP contribution is -2.61. The zero-order valence-corrected chi connectivity index (χ0v) is 57.4. The minimum Gasteiger partial charge on any atom is -0.481 e. The molecule has 9 unspecified atom stereocenters. The van der Waals surface area contributed by atoms with Gasteiger partial charge in [-0.2, -0.15) is 0 Å². The molecule has 17 atom stereocenters. The van der Waals surface area contributed by atoms with Crippen LogP contribution in [0.1, 0.15) is 173 Å². The van der Waals surface area contributed by atoms with Gasteiger partial charge >= 0.3 is 5.97 Å². The molecule has 8 aliphatic rings. The molecule has 0 spiro atoms. The van der Waals surface area contributed by atoms with E-state index < -0.39 is 157 Å². The third-order valence-corrected chi connectivity index (χ3v) is 21.9. The number of nitrogens with zero attached hydrogens (tertiary/aromatic N) is 4. The topological polar surface area (TPSA) is 459 Å². The van der Waals surface area contributed by atoms with E-state index in [9.17, 15) is 43.8 Å². The van der Waals surface area contributed by atoms with Gasteiger partial charge in [-0.3, -0.25) is 57.4 Å². The molecular formula is C67H108F2N18O13. The number of carbonyl (C=O) groups excluding carboxylic acids is 10. The molecule has 3 aliphatic carbocycles.